The van der Waals surface area contributed by atoms with Gasteiger partial charge in [0.25, 0.3) is 0 Å². The van der Waals surface area contributed by atoms with Crippen molar-refractivity contribution in [1.29, 1.82) is 0 Å². The third kappa shape index (κ3) is 4.42. The van der Waals surface area contributed by atoms with Crippen molar-refractivity contribution in [2.45, 2.75) is 97.8 Å². The lowest BCUT2D eigenvalue weighted by Gasteiger charge is -2.30. The van der Waals surface area contributed by atoms with E-state index in [1.165, 1.54) is 126 Å². The van der Waals surface area contributed by atoms with Gasteiger partial charge in [-0.1, -0.05) is 179 Å². The minimum atomic E-state index is -0.194. The van der Waals surface area contributed by atoms with E-state index in [9.17, 15) is 0 Å². The van der Waals surface area contributed by atoms with Gasteiger partial charge in [0.15, 0.2) is 0 Å². The summed E-state index contributed by atoms with van der Waals surface area (Å²) in [7, 11) is 0. The average Bonchev–Trinajstić information content (AvgIpc) is 3.92. The van der Waals surface area contributed by atoms with E-state index in [1.807, 2.05) is 0 Å². The zero-order chi connectivity index (χ0) is 40.9. The van der Waals surface area contributed by atoms with Gasteiger partial charge in [-0.25, -0.2) is 0 Å². The van der Waals surface area contributed by atoms with E-state index in [0.717, 1.165) is 0 Å². The van der Waals surface area contributed by atoms with E-state index in [1.54, 1.807) is 0 Å². The highest BCUT2D eigenvalue weighted by molar-refractivity contribution is 6.45. The first-order chi connectivity index (χ1) is 27.9. The predicted octanol–water partition coefficient (Wildman–Crippen LogP) is 15.9. The van der Waals surface area contributed by atoms with Crippen LogP contribution in [0.4, 0.5) is 0 Å². The highest BCUT2D eigenvalue weighted by atomic mass is 14.9. The Morgan fingerprint density at radius 2 is 0.831 bits per heavy atom. The first-order valence-electron chi connectivity index (χ1n) is 21.6. The lowest BCUT2D eigenvalue weighted by Crippen LogP contribution is -2.21. The molecule has 12 rings (SSSR count). The first kappa shape index (κ1) is 35.1. The fourth-order valence-electron chi connectivity index (χ4n) is 11.0. The van der Waals surface area contributed by atoms with Crippen molar-refractivity contribution < 1.29 is 0 Å². The van der Waals surface area contributed by atoms with Gasteiger partial charge in [-0.2, -0.15) is 0 Å². The number of hydrogen-bond donors (Lipinski definition) is 0. The molecule has 0 atom stereocenters. The zero-order valence-corrected chi connectivity index (χ0v) is 36.4. The standard InChI is InChI=1S/C57H52N2/c1-54(2,3)34-24-31(25-35(28-34)55(4,5)6)38-17-14-19-42-49-47-41-23-22-33-30-45(41)59-51-39(32-26-36(56(7,8)9)29-37(27-32)57(33,10)11)18-15-20-43(51)48(53(47)59)46-40-16-12-13-21-44(40)58(50(38)42)52(46)49/h12-30H,1-11H3. The number of para-hydroxylation sites is 3. The summed E-state index contributed by atoms with van der Waals surface area (Å²) in [6.07, 6.45) is 0. The quantitative estimate of drug-likeness (QED) is 0.157. The molecule has 0 amide bonds. The molecule has 0 saturated heterocycles. The Kier molecular flexibility index (Phi) is 6.45. The lowest BCUT2D eigenvalue weighted by molar-refractivity contribution is 0.569. The van der Waals surface area contributed by atoms with Crippen LogP contribution in [-0.4, -0.2) is 8.80 Å². The summed E-state index contributed by atoms with van der Waals surface area (Å²) in [5.74, 6) is 0. The summed E-state index contributed by atoms with van der Waals surface area (Å²) < 4.78 is 5.32. The molecule has 0 radical (unpaired) electrons. The maximum atomic E-state index is 2.67. The second-order valence-electron chi connectivity index (χ2n) is 21.5. The van der Waals surface area contributed by atoms with Gasteiger partial charge < -0.3 is 8.80 Å². The van der Waals surface area contributed by atoms with Gasteiger partial charge in [-0.05, 0) is 67.3 Å². The van der Waals surface area contributed by atoms with E-state index < -0.39 is 0 Å². The van der Waals surface area contributed by atoms with Crippen LogP contribution in [0, 0.1) is 0 Å². The van der Waals surface area contributed by atoms with Crippen LogP contribution in [0.5, 0.6) is 0 Å². The fraction of sp³-hybridized carbons (Fsp3) is 0.263. The Morgan fingerprint density at radius 1 is 0.373 bits per heavy atom. The summed E-state index contributed by atoms with van der Waals surface area (Å²) in [6.45, 7) is 25.9. The maximum Gasteiger partial charge on any atom is 0.0634 e. The smallest absolute Gasteiger partial charge is 0.0634 e. The van der Waals surface area contributed by atoms with Crippen molar-refractivity contribution in [3.05, 3.63) is 143 Å². The maximum absolute atomic E-state index is 2.67. The van der Waals surface area contributed by atoms with Gasteiger partial charge >= 0.3 is 0 Å². The van der Waals surface area contributed by atoms with Crippen LogP contribution in [0.15, 0.2) is 115 Å². The molecule has 0 unspecified atom stereocenters. The topological polar surface area (TPSA) is 8.82 Å². The number of fused-ring (bicyclic) bond motifs is 14. The van der Waals surface area contributed by atoms with Crippen molar-refractivity contribution >= 4 is 76.2 Å². The third-order valence-electron chi connectivity index (χ3n) is 14.4. The second kappa shape index (κ2) is 10.8. The molecule has 2 heteroatoms. The molecule has 0 spiro atoms. The molecule has 2 nitrogen and oxygen atoms in total. The summed E-state index contributed by atoms with van der Waals surface area (Å²) >= 11 is 0. The molecule has 4 aromatic heterocycles. The monoisotopic (exact) mass is 764 g/mol. The van der Waals surface area contributed by atoms with E-state index in [0.29, 0.717) is 0 Å². The molecule has 4 bridgehead atoms. The minimum absolute atomic E-state index is 0.0101. The van der Waals surface area contributed by atoms with Crippen molar-refractivity contribution in [1.82, 2.24) is 8.80 Å². The molecule has 0 fully saturated rings. The van der Waals surface area contributed by atoms with Gasteiger partial charge in [-0.15, -0.1) is 0 Å². The van der Waals surface area contributed by atoms with Crippen molar-refractivity contribution in [3.63, 3.8) is 0 Å². The molecule has 290 valence electrons. The number of rotatable bonds is 1. The first-order valence-corrected chi connectivity index (χ1v) is 21.6. The molecule has 1 aliphatic rings. The number of nitrogens with zero attached hydrogens (tertiary/aromatic N) is 2. The van der Waals surface area contributed by atoms with Gasteiger partial charge in [0.1, 0.15) is 0 Å². The zero-order valence-electron chi connectivity index (χ0n) is 36.4. The lowest BCUT2D eigenvalue weighted by atomic mass is 9.74. The second-order valence-corrected chi connectivity index (χ2v) is 21.5. The highest BCUT2D eigenvalue weighted by Crippen LogP contribution is 2.55. The average molecular weight is 765 g/mol. The number of benzene rings is 7. The van der Waals surface area contributed by atoms with Crippen molar-refractivity contribution in [3.8, 4) is 22.3 Å². The van der Waals surface area contributed by atoms with Crippen LogP contribution in [-0.2, 0) is 21.7 Å². The molecule has 11 aromatic rings. The highest BCUT2D eigenvalue weighted by Gasteiger charge is 2.34. The molecular weight excluding hydrogens is 713 g/mol. The third-order valence-corrected chi connectivity index (χ3v) is 14.4. The van der Waals surface area contributed by atoms with Gasteiger partial charge in [0.05, 0.1) is 33.1 Å². The molecule has 1 aliphatic heterocycles. The van der Waals surface area contributed by atoms with Crippen LogP contribution in [0.1, 0.15) is 104 Å². The minimum Gasteiger partial charge on any atom is -0.307 e. The summed E-state index contributed by atoms with van der Waals surface area (Å²) in [5, 5.41) is 10.8. The molecule has 0 N–H and O–H groups in total. The summed E-state index contributed by atoms with van der Waals surface area (Å²) in [5.41, 5.74) is 19.8. The fourth-order valence-corrected chi connectivity index (χ4v) is 11.0. The summed E-state index contributed by atoms with van der Waals surface area (Å²) in [4.78, 5) is 0. The number of aromatic nitrogens is 2. The molecular formula is C57H52N2. The van der Waals surface area contributed by atoms with Gasteiger partial charge in [0.2, 0.25) is 0 Å². The van der Waals surface area contributed by atoms with Gasteiger partial charge in [0, 0.05) is 59.6 Å². The Bertz CT molecular complexity index is 3580. The molecule has 5 heterocycles. The van der Waals surface area contributed by atoms with Crippen molar-refractivity contribution in [2.24, 2.45) is 0 Å². The number of hydrogen-bond acceptors (Lipinski definition) is 0. The van der Waals surface area contributed by atoms with E-state index >= 15 is 0 Å². The molecule has 0 aliphatic carbocycles. The molecule has 7 aromatic carbocycles. The Labute approximate surface area is 346 Å². The molecule has 0 saturated carbocycles. The normalized spacial score (nSPS) is 14.8. The van der Waals surface area contributed by atoms with E-state index in [2.05, 4.69) is 200 Å². The van der Waals surface area contributed by atoms with E-state index in [4.69, 9.17) is 0 Å². The van der Waals surface area contributed by atoms with E-state index in [-0.39, 0.29) is 21.7 Å². The molecule has 59 heavy (non-hydrogen) atoms. The van der Waals surface area contributed by atoms with Gasteiger partial charge in [-0.3, -0.25) is 0 Å². The SMILES string of the molecule is CC(C)(C)c1cc(-c2cccc3c4c5c6ccc7cc6n6c8c(cccc8c(c8c9ccccc9n(c23)c84)c56)-c2cc(C(C)(C)C)cc(c2)C7(C)C)cc(C(C)(C)C)c1. The Hall–Kier alpha value is -5.86. The Morgan fingerprint density at radius 3 is 1.39 bits per heavy atom. The van der Waals surface area contributed by atoms with Crippen molar-refractivity contribution in [2.75, 3.05) is 0 Å². The Balaban J connectivity index is 1.34. The van der Waals surface area contributed by atoms with Crippen LogP contribution in [0.25, 0.3) is 98.4 Å². The van der Waals surface area contributed by atoms with Crippen LogP contribution < -0.4 is 0 Å². The van der Waals surface area contributed by atoms with Crippen LogP contribution in [0.2, 0.25) is 0 Å². The predicted molar refractivity (Wildman–Crippen MR) is 255 cm³/mol. The largest absolute Gasteiger partial charge is 0.307 e. The van der Waals surface area contributed by atoms with Crippen LogP contribution in [0.3, 0.4) is 0 Å². The summed E-state index contributed by atoms with van der Waals surface area (Å²) in [6, 6.07) is 45.6. The van der Waals surface area contributed by atoms with Crippen LogP contribution >= 0.6 is 0 Å².